The summed E-state index contributed by atoms with van der Waals surface area (Å²) in [7, 11) is 0. The van der Waals surface area contributed by atoms with E-state index < -0.39 is 17.6 Å². The van der Waals surface area contributed by atoms with Crippen molar-refractivity contribution in [2.45, 2.75) is 17.6 Å². The highest BCUT2D eigenvalue weighted by molar-refractivity contribution is 6.14. The summed E-state index contributed by atoms with van der Waals surface area (Å²) in [4.78, 5) is 18.8. The molecule has 12 aromatic rings. The van der Waals surface area contributed by atoms with E-state index in [0.717, 1.165) is 78.9 Å². The maximum Gasteiger partial charge on any atom is 0.193 e. The van der Waals surface area contributed by atoms with Gasteiger partial charge in [-0.15, -0.1) is 0 Å². The highest BCUT2D eigenvalue weighted by Gasteiger charge is 2.46. The monoisotopic (exact) mass is 1220 g/mol. The zero-order chi connectivity index (χ0) is 63.2. The van der Waals surface area contributed by atoms with Crippen LogP contribution in [0, 0.1) is 0 Å². The number of hydrogen-bond donors (Lipinski definition) is 2. The third kappa shape index (κ3) is 13.6. The minimum atomic E-state index is -0.938. The third-order valence-corrected chi connectivity index (χ3v) is 16.5. The molecule has 1 aliphatic carbocycles. The Morgan fingerprint density at radius 2 is 0.613 bits per heavy atom. The minimum Gasteiger partial charge on any atom is -0.491 e. The molecule has 0 amide bonds. The lowest BCUT2D eigenvalue weighted by Crippen LogP contribution is -2.38. The normalized spacial score (nSPS) is 12.9. The van der Waals surface area contributed by atoms with E-state index in [-0.39, 0.29) is 32.1 Å². The molecule has 93 heavy (non-hydrogen) atoms. The van der Waals surface area contributed by atoms with Crippen molar-refractivity contribution in [1.29, 1.82) is 0 Å². The Labute approximate surface area is 542 Å². The van der Waals surface area contributed by atoms with Gasteiger partial charge in [0.25, 0.3) is 0 Å². The quantitative estimate of drug-likeness (QED) is 0.0451. The molecule has 2 atom stereocenters. The van der Waals surface area contributed by atoms with E-state index in [1.807, 2.05) is 255 Å². The predicted octanol–water partition coefficient (Wildman–Crippen LogP) is 17.1. The summed E-state index contributed by atoms with van der Waals surface area (Å²) in [6.07, 6.45) is 1.77. The van der Waals surface area contributed by atoms with E-state index in [2.05, 4.69) is 82.6 Å². The highest BCUT2D eigenvalue weighted by Crippen LogP contribution is 2.51. The van der Waals surface area contributed by atoms with Crippen LogP contribution in [-0.2, 0) is 5.41 Å². The van der Waals surface area contributed by atoms with Crippen LogP contribution in [0.1, 0.15) is 49.3 Å². The van der Waals surface area contributed by atoms with Crippen LogP contribution in [0.15, 0.2) is 338 Å². The van der Waals surface area contributed by atoms with E-state index in [0.29, 0.717) is 22.6 Å². The number of benzene rings is 12. The van der Waals surface area contributed by atoms with Gasteiger partial charge >= 0.3 is 0 Å². The lowest BCUT2D eigenvalue weighted by molar-refractivity contribution is 0.103. The van der Waals surface area contributed by atoms with Gasteiger partial charge < -0.3 is 29.5 Å². The molecular weight excluding hydrogens is 1150 g/mol. The van der Waals surface area contributed by atoms with Crippen molar-refractivity contribution in [3.63, 3.8) is 0 Å². The number of ketones is 1. The first-order chi connectivity index (χ1) is 45.8. The number of hydrazone groups is 2. The van der Waals surface area contributed by atoms with Crippen molar-refractivity contribution in [3.05, 3.63) is 372 Å². The number of rotatable bonds is 24. The lowest BCUT2D eigenvalue weighted by Gasteiger charge is -2.41. The second-order valence-corrected chi connectivity index (χ2v) is 22.7. The Kier molecular flexibility index (Phi) is 18.5. The summed E-state index contributed by atoms with van der Waals surface area (Å²) in [5, 5.41) is 36.7. The molecule has 11 nitrogen and oxygen atoms in total. The summed E-state index contributed by atoms with van der Waals surface area (Å²) in [6.45, 7) is 0.329. The molecule has 2 unspecified atom stereocenters. The maximum atomic E-state index is 14.4. The molecule has 0 aliphatic heterocycles. The molecule has 0 spiro atoms. The number of nitrogens with zero attached hydrogens (tertiary/aromatic N) is 6. The number of para-hydroxylation sites is 6. The van der Waals surface area contributed by atoms with Gasteiger partial charge in [0.2, 0.25) is 0 Å². The van der Waals surface area contributed by atoms with Crippen LogP contribution < -0.4 is 29.3 Å². The molecule has 1 aliphatic rings. The smallest absolute Gasteiger partial charge is 0.193 e. The Morgan fingerprint density at radius 3 is 0.935 bits per heavy atom. The zero-order valence-corrected chi connectivity index (χ0v) is 51.1. The number of hydrogen-bond acceptors (Lipinski definition) is 11. The van der Waals surface area contributed by atoms with E-state index in [1.54, 1.807) is 22.4 Å². The van der Waals surface area contributed by atoms with Crippen LogP contribution in [-0.4, -0.2) is 66.9 Å². The molecule has 0 fully saturated rings. The topological polar surface area (TPSA) is 114 Å². The predicted molar refractivity (Wildman–Crippen MR) is 376 cm³/mol. The van der Waals surface area contributed by atoms with Crippen LogP contribution >= 0.6 is 0 Å². The summed E-state index contributed by atoms with van der Waals surface area (Å²) in [5.41, 5.74) is 13.5. The molecule has 456 valence electrons. The number of aliphatic hydroxyl groups is 2. The van der Waals surface area contributed by atoms with E-state index in [1.165, 1.54) is 0 Å². The third-order valence-electron chi connectivity index (χ3n) is 16.5. The number of ether oxygens (including phenoxy) is 2. The van der Waals surface area contributed by atoms with Gasteiger partial charge in [0.05, 0.1) is 42.3 Å². The van der Waals surface area contributed by atoms with Crippen molar-refractivity contribution < 1.29 is 24.5 Å². The van der Waals surface area contributed by atoms with E-state index in [4.69, 9.17) is 19.7 Å². The summed E-state index contributed by atoms with van der Waals surface area (Å²) in [5.74, 6) is 1.10. The van der Waals surface area contributed by atoms with E-state index in [9.17, 15) is 15.0 Å². The molecule has 0 saturated heterocycles. The molecule has 13 rings (SSSR count). The molecule has 0 aromatic heterocycles. The molecule has 0 bridgehead atoms. The average molecular weight is 1220 g/mol. The largest absolute Gasteiger partial charge is 0.491 e. The van der Waals surface area contributed by atoms with Gasteiger partial charge in [0.15, 0.2) is 5.78 Å². The molecule has 11 heteroatoms. The first-order valence-electron chi connectivity index (χ1n) is 31.2. The Hall–Kier alpha value is -11.6. The van der Waals surface area contributed by atoms with Crippen molar-refractivity contribution in [1.82, 2.24) is 0 Å². The van der Waals surface area contributed by atoms with E-state index >= 15 is 0 Å². The average Bonchev–Trinajstić information content (AvgIpc) is 0.705. The molecule has 12 aromatic carbocycles. The molecule has 0 saturated carbocycles. The molecule has 0 radical (unpaired) electrons. The van der Waals surface area contributed by atoms with Gasteiger partial charge in [0.1, 0.15) is 36.9 Å². The molecular formula is C82H68N6O5. The van der Waals surface area contributed by atoms with Crippen LogP contribution in [0.3, 0.4) is 0 Å². The number of carbonyl (C=O) groups excluding carboxylic acids is 1. The second-order valence-electron chi connectivity index (χ2n) is 22.7. The van der Waals surface area contributed by atoms with Gasteiger partial charge in [-0.2, -0.15) is 10.2 Å². The first kappa shape index (κ1) is 60.3. The van der Waals surface area contributed by atoms with Crippen molar-refractivity contribution in [2.24, 2.45) is 10.2 Å². The summed E-state index contributed by atoms with van der Waals surface area (Å²) in [6, 6.07) is 109. The van der Waals surface area contributed by atoms with Gasteiger partial charge in [-0.3, -0.25) is 14.8 Å². The van der Waals surface area contributed by atoms with Gasteiger partial charge in [-0.1, -0.05) is 206 Å². The first-order valence-corrected chi connectivity index (χ1v) is 31.2. The molecule has 0 heterocycles. The van der Waals surface area contributed by atoms with Crippen LogP contribution in [0.25, 0.3) is 0 Å². The van der Waals surface area contributed by atoms with Crippen molar-refractivity contribution in [2.75, 3.05) is 46.1 Å². The standard InChI is InChI=1S/C82H68N6O5/c89-73(57-85(65-23-7-1-8-24-65)83-55-61-39-47-71(48-40-61)87(67-27-11-3-12-28-67)68-29-13-4-14-30-68)59-92-75-51-43-63(44-52-75)82(79-37-21-19-35-77(79)81(91)78-36-20-22-38-80(78)82)64-45-53-76(54-46-64)93-60-74(90)58-86(66-25-9-2-10-26-66)84-56-62-41-49-72(50-42-62)88(69-31-15-5-16-32-69)70-33-17-6-18-34-70/h1-56,73-74,89-90H,57-60H2. The fourth-order valence-electron chi connectivity index (χ4n) is 12.1. The lowest BCUT2D eigenvalue weighted by atomic mass is 9.59. The van der Waals surface area contributed by atoms with Crippen LogP contribution in [0.5, 0.6) is 11.5 Å². The number of aliphatic hydroxyl groups excluding tert-OH is 2. The SMILES string of the molecule is O=C1c2ccccc2C(c2ccc(OCC(O)CN(N=Cc3ccc(N(c4ccccc4)c4ccccc4)cc3)c3ccccc3)cc2)(c2ccc(OCC(O)CN(N=Cc3ccc(N(c4ccccc4)c4ccccc4)cc3)c3ccccc3)cc2)c2ccccc21. The zero-order valence-electron chi connectivity index (χ0n) is 51.1. The van der Waals surface area contributed by atoms with Gasteiger partial charge in [-0.25, -0.2) is 0 Å². The fraction of sp³-hybridized carbons (Fsp3) is 0.0854. The van der Waals surface area contributed by atoms with Gasteiger partial charge in [-0.05, 0) is 155 Å². The summed E-state index contributed by atoms with van der Waals surface area (Å²) < 4.78 is 12.7. The highest BCUT2D eigenvalue weighted by atomic mass is 16.5. The Bertz CT molecular complexity index is 4070. The number of fused-ring (bicyclic) bond motifs is 2. The molecule has 2 N–H and O–H groups in total. The maximum absolute atomic E-state index is 14.4. The second kappa shape index (κ2) is 28.5. The van der Waals surface area contributed by atoms with Crippen LogP contribution in [0.4, 0.5) is 45.5 Å². The summed E-state index contributed by atoms with van der Waals surface area (Å²) >= 11 is 0. The number of anilines is 8. The minimum absolute atomic E-state index is 0.0000704. The van der Waals surface area contributed by atoms with Crippen molar-refractivity contribution >= 4 is 63.7 Å². The fourth-order valence-corrected chi connectivity index (χ4v) is 12.1. The Balaban J connectivity index is 0.702. The number of carbonyl (C=O) groups is 1. The van der Waals surface area contributed by atoms with Crippen molar-refractivity contribution in [3.8, 4) is 11.5 Å². The van der Waals surface area contributed by atoms with Gasteiger partial charge in [0, 0.05) is 45.3 Å². The Morgan fingerprint density at radius 1 is 0.333 bits per heavy atom. The van der Waals surface area contributed by atoms with Crippen LogP contribution in [0.2, 0.25) is 0 Å².